The van der Waals surface area contributed by atoms with Gasteiger partial charge in [0.05, 0.1) is 11.9 Å². The van der Waals surface area contributed by atoms with E-state index in [-0.39, 0.29) is 11.2 Å². The fraction of sp³-hybridized carbons (Fsp3) is 0.462. The summed E-state index contributed by atoms with van der Waals surface area (Å²) in [4.78, 5) is 13.0. The van der Waals surface area contributed by atoms with E-state index >= 15 is 0 Å². The van der Waals surface area contributed by atoms with Crippen LogP contribution < -0.4 is 0 Å². The first-order chi connectivity index (χ1) is 7.89. The average Bonchev–Trinajstić information content (AvgIpc) is 2.29. The van der Waals surface area contributed by atoms with Crippen molar-refractivity contribution in [2.75, 3.05) is 19.1 Å². The smallest absolute Gasteiger partial charge is 0.317 e. The molecule has 17 heavy (non-hydrogen) atoms. The van der Waals surface area contributed by atoms with Crippen LogP contribution in [-0.2, 0) is 9.53 Å². The van der Waals surface area contributed by atoms with E-state index < -0.39 is 10.0 Å². The number of benzene rings is 1. The van der Waals surface area contributed by atoms with Crippen LogP contribution in [0.5, 0.6) is 0 Å². The van der Waals surface area contributed by atoms with Crippen LogP contribution in [0.15, 0.2) is 29.2 Å². The summed E-state index contributed by atoms with van der Waals surface area (Å²) in [5.41, 5.74) is 0. The zero-order valence-electron chi connectivity index (χ0n) is 10.7. The second-order valence-corrected chi connectivity index (χ2v) is 8.68. The minimum atomic E-state index is -1.21. The summed E-state index contributed by atoms with van der Waals surface area (Å²) in [5, 5.41) is 0.608. The van der Waals surface area contributed by atoms with Gasteiger partial charge in [-0.1, -0.05) is 11.6 Å². The summed E-state index contributed by atoms with van der Waals surface area (Å²) in [6, 6.07) is 7.72. The van der Waals surface area contributed by atoms with Gasteiger partial charge in [0.25, 0.3) is 0 Å². The molecule has 0 amide bonds. The first-order valence-electron chi connectivity index (χ1n) is 5.54. The zero-order valence-corrected chi connectivity index (χ0v) is 12.3. The predicted molar refractivity (Wildman–Crippen MR) is 75.3 cm³/mol. The molecule has 0 N–H and O–H groups in total. The SMILES string of the molecule is CCOC(=O)C(C)S(C)(C)c1ccc(Cl)cc1. The van der Waals surface area contributed by atoms with Crippen molar-refractivity contribution in [3.8, 4) is 0 Å². The Labute approximate surface area is 110 Å². The molecule has 0 heterocycles. The standard InChI is InChI=1S/C13H19ClO2S/c1-5-16-13(15)10(2)17(3,4)12-8-6-11(14)7-9-12/h6-10H,5H2,1-4H3. The monoisotopic (exact) mass is 274 g/mol. The van der Waals surface area contributed by atoms with Gasteiger partial charge in [0.1, 0.15) is 0 Å². The van der Waals surface area contributed by atoms with Crippen molar-refractivity contribution >= 4 is 27.6 Å². The molecular formula is C13H19ClO2S. The molecule has 0 aliphatic carbocycles. The van der Waals surface area contributed by atoms with E-state index in [1.165, 1.54) is 4.90 Å². The zero-order chi connectivity index (χ0) is 13.1. The average molecular weight is 275 g/mol. The van der Waals surface area contributed by atoms with Crippen molar-refractivity contribution in [1.29, 1.82) is 0 Å². The van der Waals surface area contributed by atoms with Crippen molar-refractivity contribution in [2.24, 2.45) is 0 Å². The molecular weight excluding hydrogens is 256 g/mol. The maximum Gasteiger partial charge on any atom is 0.317 e. The summed E-state index contributed by atoms with van der Waals surface area (Å²) < 4.78 is 5.09. The van der Waals surface area contributed by atoms with Gasteiger partial charge in [0, 0.05) is 5.02 Å². The molecule has 0 aliphatic heterocycles. The second kappa shape index (κ2) is 5.78. The molecule has 0 saturated carbocycles. The third-order valence-electron chi connectivity index (χ3n) is 2.92. The van der Waals surface area contributed by atoms with E-state index in [2.05, 4.69) is 12.5 Å². The summed E-state index contributed by atoms with van der Waals surface area (Å²) in [7, 11) is -1.21. The minimum Gasteiger partial charge on any atom is -0.465 e. The van der Waals surface area contributed by atoms with Crippen LogP contribution in [0, 0.1) is 0 Å². The highest BCUT2D eigenvalue weighted by atomic mass is 35.5. The Balaban J connectivity index is 2.93. The highest BCUT2D eigenvalue weighted by molar-refractivity contribution is 8.33. The summed E-state index contributed by atoms with van der Waals surface area (Å²) in [6.07, 6.45) is 4.25. The summed E-state index contributed by atoms with van der Waals surface area (Å²) in [6.45, 7) is 4.19. The van der Waals surface area contributed by atoms with E-state index in [0.717, 1.165) is 0 Å². The lowest BCUT2D eigenvalue weighted by Gasteiger charge is -2.36. The fourth-order valence-corrected chi connectivity index (χ4v) is 3.41. The Bertz CT molecular complexity index is 387. The molecule has 0 aromatic heterocycles. The third-order valence-corrected chi connectivity index (χ3v) is 6.62. The van der Waals surface area contributed by atoms with Crippen LogP contribution >= 0.6 is 21.6 Å². The van der Waals surface area contributed by atoms with E-state index in [4.69, 9.17) is 16.3 Å². The normalized spacial score (nSPS) is 14.2. The van der Waals surface area contributed by atoms with Crippen molar-refractivity contribution in [3.63, 3.8) is 0 Å². The molecule has 1 unspecified atom stereocenters. The molecule has 1 aromatic carbocycles. The lowest BCUT2D eigenvalue weighted by molar-refractivity contribution is -0.142. The van der Waals surface area contributed by atoms with Gasteiger partial charge in [-0.15, -0.1) is 0 Å². The highest BCUT2D eigenvalue weighted by Gasteiger charge is 2.29. The van der Waals surface area contributed by atoms with Gasteiger partial charge in [0.15, 0.2) is 0 Å². The van der Waals surface area contributed by atoms with Gasteiger partial charge < -0.3 is 4.74 Å². The largest absolute Gasteiger partial charge is 0.465 e. The van der Waals surface area contributed by atoms with Crippen molar-refractivity contribution in [1.82, 2.24) is 0 Å². The first kappa shape index (κ1) is 14.4. The van der Waals surface area contributed by atoms with Crippen LogP contribution in [0.4, 0.5) is 0 Å². The molecule has 96 valence electrons. The van der Waals surface area contributed by atoms with Crippen molar-refractivity contribution in [2.45, 2.75) is 24.0 Å². The van der Waals surface area contributed by atoms with Gasteiger partial charge >= 0.3 is 5.97 Å². The van der Waals surface area contributed by atoms with Crippen LogP contribution in [0.2, 0.25) is 5.02 Å². The molecule has 1 atom stereocenters. The van der Waals surface area contributed by atoms with E-state index in [1.54, 1.807) is 0 Å². The maximum atomic E-state index is 11.8. The maximum absolute atomic E-state index is 11.8. The van der Waals surface area contributed by atoms with Crippen LogP contribution in [-0.4, -0.2) is 30.3 Å². The third kappa shape index (κ3) is 3.39. The van der Waals surface area contributed by atoms with Gasteiger partial charge in [-0.25, -0.2) is 10.0 Å². The molecule has 0 radical (unpaired) electrons. The van der Waals surface area contributed by atoms with E-state index in [1.807, 2.05) is 38.1 Å². The van der Waals surface area contributed by atoms with E-state index in [9.17, 15) is 4.79 Å². The Morgan fingerprint density at radius 3 is 2.35 bits per heavy atom. The molecule has 0 fully saturated rings. The topological polar surface area (TPSA) is 26.3 Å². The summed E-state index contributed by atoms with van der Waals surface area (Å²) >= 11 is 5.87. The number of hydrogen-bond donors (Lipinski definition) is 0. The number of carbonyl (C=O) groups excluding carboxylic acids is 1. The highest BCUT2D eigenvalue weighted by Crippen LogP contribution is 2.53. The van der Waals surface area contributed by atoms with Crippen LogP contribution in [0.25, 0.3) is 0 Å². The van der Waals surface area contributed by atoms with Crippen LogP contribution in [0.3, 0.4) is 0 Å². The van der Waals surface area contributed by atoms with Gasteiger partial charge in [0.2, 0.25) is 0 Å². The Kier molecular flexibility index (Phi) is 4.90. The minimum absolute atomic E-state index is 0.108. The molecule has 4 heteroatoms. The van der Waals surface area contributed by atoms with Gasteiger partial charge in [-0.2, -0.15) is 0 Å². The number of rotatable bonds is 4. The quantitative estimate of drug-likeness (QED) is 0.783. The molecule has 0 bridgehead atoms. The number of halogens is 1. The summed E-state index contributed by atoms with van der Waals surface area (Å²) in [5.74, 6) is -0.123. The predicted octanol–water partition coefficient (Wildman–Crippen LogP) is 3.71. The number of carbonyl (C=O) groups is 1. The number of esters is 1. The molecule has 0 saturated heterocycles. The van der Waals surface area contributed by atoms with Crippen molar-refractivity contribution in [3.05, 3.63) is 29.3 Å². The molecule has 1 rings (SSSR count). The van der Waals surface area contributed by atoms with Gasteiger partial charge in [-0.05, 0) is 55.5 Å². The second-order valence-electron chi connectivity index (χ2n) is 4.25. The number of hydrogen-bond acceptors (Lipinski definition) is 2. The van der Waals surface area contributed by atoms with E-state index in [0.29, 0.717) is 11.6 Å². The van der Waals surface area contributed by atoms with Crippen molar-refractivity contribution < 1.29 is 9.53 Å². The molecule has 2 nitrogen and oxygen atoms in total. The Hall–Kier alpha value is -0.670. The fourth-order valence-electron chi connectivity index (χ4n) is 1.49. The first-order valence-corrected chi connectivity index (χ1v) is 8.43. The van der Waals surface area contributed by atoms with Crippen LogP contribution in [0.1, 0.15) is 13.8 Å². The number of ether oxygens (including phenoxy) is 1. The molecule has 1 aromatic rings. The van der Waals surface area contributed by atoms with Gasteiger partial charge in [-0.3, -0.25) is 4.79 Å². The Morgan fingerprint density at radius 1 is 1.35 bits per heavy atom. The Morgan fingerprint density at radius 2 is 1.88 bits per heavy atom. The lowest BCUT2D eigenvalue weighted by Crippen LogP contribution is -2.25. The lowest BCUT2D eigenvalue weighted by atomic mass is 10.4. The molecule has 0 aliphatic rings. The molecule has 0 spiro atoms.